The van der Waals surface area contributed by atoms with Crippen molar-refractivity contribution in [1.82, 2.24) is 4.72 Å². The van der Waals surface area contributed by atoms with Crippen molar-refractivity contribution in [3.63, 3.8) is 0 Å². The molecule has 1 aromatic carbocycles. The molecular formula is C13H18N2O4S. The predicted molar refractivity (Wildman–Crippen MR) is 76.9 cm³/mol. The number of hydrogen-bond donors (Lipinski definition) is 1. The maximum atomic E-state index is 11.9. The molecule has 7 heteroatoms. The fraction of sp³-hybridized carbons (Fsp3) is 0.385. The van der Waals surface area contributed by atoms with E-state index >= 15 is 0 Å². The third kappa shape index (κ3) is 5.10. The molecule has 0 aliphatic rings. The van der Waals surface area contributed by atoms with Gasteiger partial charge >= 0.3 is 0 Å². The van der Waals surface area contributed by atoms with Gasteiger partial charge in [-0.05, 0) is 31.4 Å². The third-order valence-electron chi connectivity index (χ3n) is 2.60. The molecule has 0 saturated carbocycles. The zero-order valence-corrected chi connectivity index (χ0v) is 12.1. The standard InChI is InChI=1S/C13H18N2O4S/c1-2-3-4-5-6-11-14-20(18,19)13-9-7-12(8-10-13)15(16)17/h3-4,7-10,14H,2,5-6,11H2,1H3/b4-3-. The number of benzene rings is 1. The normalized spacial score (nSPS) is 11.8. The molecule has 0 aliphatic carbocycles. The highest BCUT2D eigenvalue weighted by Crippen LogP contribution is 2.15. The van der Waals surface area contributed by atoms with E-state index in [2.05, 4.69) is 4.72 Å². The molecule has 110 valence electrons. The Bertz CT molecular complexity index is 565. The van der Waals surface area contributed by atoms with Crippen LogP contribution in [0.1, 0.15) is 26.2 Å². The minimum Gasteiger partial charge on any atom is -0.258 e. The van der Waals surface area contributed by atoms with Gasteiger partial charge in [-0.2, -0.15) is 0 Å². The Morgan fingerprint density at radius 1 is 1.25 bits per heavy atom. The summed E-state index contributed by atoms with van der Waals surface area (Å²) in [5.41, 5.74) is -0.131. The topological polar surface area (TPSA) is 89.3 Å². The highest BCUT2D eigenvalue weighted by atomic mass is 32.2. The van der Waals surface area contributed by atoms with Gasteiger partial charge < -0.3 is 0 Å². The van der Waals surface area contributed by atoms with Crippen LogP contribution in [-0.4, -0.2) is 19.9 Å². The number of unbranched alkanes of at least 4 members (excludes halogenated alkanes) is 1. The van der Waals surface area contributed by atoms with Gasteiger partial charge in [-0.1, -0.05) is 19.1 Å². The van der Waals surface area contributed by atoms with Crippen LogP contribution in [0.5, 0.6) is 0 Å². The molecule has 0 aromatic heterocycles. The van der Waals surface area contributed by atoms with Crippen LogP contribution >= 0.6 is 0 Å². The molecule has 1 aromatic rings. The molecule has 0 amide bonds. The smallest absolute Gasteiger partial charge is 0.258 e. The zero-order valence-electron chi connectivity index (χ0n) is 11.3. The first kappa shape index (κ1) is 16.3. The molecule has 1 rings (SSSR count). The lowest BCUT2D eigenvalue weighted by Crippen LogP contribution is -2.24. The third-order valence-corrected chi connectivity index (χ3v) is 4.08. The lowest BCUT2D eigenvalue weighted by atomic mass is 10.3. The highest BCUT2D eigenvalue weighted by molar-refractivity contribution is 7.89. The number of nitro benzene ring substituents is 1. The van der Waals surface area contributed by atoms with Crippen molar-refractivity contribution in [2.24, 2.45) is 0 Å². The van der Waals surface area contributed by atoms with Crippen LogP contribution in [0.4, 0.5) is 5.69 Å². The maximum absolute atomic E-state index is 11.9. The molecule has 0 fully saturated rings. The lowest BCUT2D eigenvalue weighted by molar-refractivity contribution is -0.384. The largest absolute Gasteiger partial charge is 0.269 e. The van der Waals surface area contributed by atoms with E-state index in [0.29, 0.717) is 13.0 Å². The molecule has 0 radical (unpaired) electrons. The summed E-state index contributed by atoms with van der Waals surface area (Å²) < 4.78 is 26.3. The van der Waals surface area contributed by atoms with Crippen LogP contribution in [0.3, 0.4) is 0 Å². The number of nitro groups is 1. The Kier molecular flexibility index (Phi) is 6.33. The van der Waals surface area contributed by atoms with Gasteiger partial charge in [0, 0.05) is 18.7 Å². The van der Waals surface area contributed by atoms with Gasteiger partial charge in [0.2, 0.25) is 10.0 Å². The fourth-order valence-corrected chi connectivity index (χ4v) is 2.62. The zero-order chi connectivity index (χ0) is 15.0. The summed E-state index contributed by atoms with van der Waals surface area (Å²) in [5.74, 6) is 0. The second-order valence-corrected chi connectivity index (χ2v) is 5.94. The van der Waals surface area contributed by atoms with Crippen LogP contribution in [0.25, 0.3) is 0 Å². The van der Waals surface area contributed by atoms with Crippen molar-refractivity contribution >= 4 is 15.7 Å². The van der Waals surface area contributed by atoms with Crippen LogP contribution in [-0.2, 0) is 10.0 Å². The van der Waals surface area contributed by atoms with E-state index in [9.17, 15) is 18.5 Å². The molecule has 0 aliphatic heterocycles. The first-order valence-electron chi connectivity index (χ1n) is 6.36. The first-order chi connectivity index (χ1) is 9.47. The molecule has 0 bridgehead atoms. The molecule has 1 N–H and O–H groups in total. The maximum Gasteiger partial charge on any atom is 0.269 e. The predicted octanol–water partition coefficient (Wildman–Crippen LogP) is 2.62. The summed E-state index contributed by atoms with van der Waals surface area (Å²) >= 11 is 0. The van der Waals surface area contributed by atoms with Gasteiger partial charge in [0.05, 0.1) is 9.82 Å². The van der Waals surface area contributed by atoms with Crippen molar-refractivity contribution in [3.05, 3.63) is 46.5 Å². The van der Waals surface area contributed by atoms with Crippen molar-refractivity contribution in [2.75, 3.05) is 6.54 Å². The van der Waals surface area contributed by atoms with E-state index in [1.165, 1.54) is 24.3 Å². The molecule has 0 heterocycles. The summed E-state index contributed by atoms with van der Waals surface area (Å²) in [6, 6.07) is 4.83. The van der Waals surface area contributed by atoms with E-state index < -0.39 is 14.9 Å². The van der Waals surface area contributed by atoms with Gasteiger partial charge in [-0.3, -0.25) is 10.1 Å². The minimum absolute atomic E-state index is 0.0344. The lowest BCUT2D eigenvalue weighted by Gasteiger charge is -2.05. The Morgan fingerprint density at radius 3 is 2.45 bits per heavy atom. The summed E-state index contributed by atoms with van der Waals surface area (Å²) in [6.45, 7) is 2.38. The van der Waals surface area contributed by atoms with Crippen LogP contribution in [0.15, 0.2) is 41.3 Å². The molecule has 0 spiro atoms. The summed E-state index contributed by atoms with van der Waals surface area (Å²) in [4.78, 5) is 9.96. The van der Waals surface area contributed by atoms with Crippen LogP contribution in [0.2, 0.25) is 0 Å². The quantitative estimate of drug-likeness (QED) is 0.346. The second kappa shape index (κ2) is 7.76. The van der Waals surface area contributed by atoms with Crippen molar-refractivity contribution in [3.8, 4) is 0 Å². The first-order valence-corrected chi connectivity index (χ1v) is 7.85. The number of nitrogens with one attached hydrogen (secondary N) is 1. The number of hydrogen-bond acceptors (Lipinski definition) is 4. The van der Waals surface area contributed by atoms with Gasteiger partial charge in [-0.25, -0.2) is 13.1 Å². The number of rotatable bonds is 8. The van der Waals surface area contributed by atoms with E-state index in [-0.39, 0.29) is 10.6 Å². The van der Waals surface area contributed by atoms with Crippen molar-refractivity contribution in [2.45, 2.75) is 31.1 Å². The van der Waals surface area contributed by atoms with Gasteiger partial charge in [-0.15, -0.1) is 0 Å². The van der Waals surface area contributed by atoms with Crippen LogP contribution < -0.4 is 4.72 Å². The van der Waals surface area contributed by atoms with Crippen molar-refractivity contribution in [1.29, 1.82) is 0 Å². The van der Waals surface area contributed by atoms with Crippen LogP contribution in [0, 0.1) is 10.1 Å². The average molecular weight is 298 g/mol. The number of sulfonamides is 1. The molecule has 20 heavy (non-hydrogen) atoms. The number of non-ortho nitro benzene ring substituents is 1. The Morgan fingerprint density at radius 2 is 1.90 bits per heavy atom. The van der Waals surface area contributed by atoms with Crippen molar-refractivity contribution < 1.29 is 13.3 Å². The number of allylic oxidation sites excluding steroid dienone is 2. The Labute approximate surface area is 118 Å². The Hall–Kier alpha value is -1.73. The summed E-state index contributed by atoms with van der Waals surface area (Å²) in [7, 11) is -3.59. The molecule has 0 saturated heterocycles. The summed E-state index contributed by atoms with van der Waals surface area (Å²) in [5, 5.41) is 10.5. The number of nitrogens with zero attached hydrogens (tertiary/aromatic N) is 1. The molecule has 0 unspecified atom stereocenters. The van der Waals surface area contributed by atoms with E-state index in [1.807, 2.05) is 19.1 Å². The van der Waals surface area contributed by atoms with E-state index in [0.717, 1.165) is 12.8 Å². The molecular weight excluding hydrogens is 280 g/mol. The second-order valence-electron chi connectivity index (χ2n) is 4.17. The average Bonchev–Trinajstić information content (AvgIpc) is 2.43. The van der Waals surface area contributed by atoms with Gasteiger partial charge in [0.1, 0.15) is 0 Å². The van der Waals surface area contributed by atoms with E-state index in [1.54, 1.807) is 0 Å². The minimum atomic E-state index is -3.59. The Balaban J connectivity index is 2.56. The molecule has 0 atom stereocenters. The summed E-state index contributed by atoms with van der Waals surface area (Å²) in [6.07, 6.45) is 6.54. The SMILES string of the molecule is CC/C=C\CCCNS(=O)(=O)c1ccc([N+](=O)[O-])cc1. The highest BCUT2D eigenvalue weighted by Gasteiger charge is 2.14. The monoisotopic (exact) mass is 298 g/mol. The van der Waals surface area contributed by atoms with Gasteiger partial charge in [0.15, 0.2) is 0 Å². The van der Waals surface area contributed by atoms with Gasteiger partial charge in [0.25, 0.3) is 5.69 Å². The van der Waals surface area contributed by atoms with E-state index in [4.69, 9.17) is 0 Å². The molecule has 6 nitrogen and oxygen atoms in total. The fourth-order valence-electron chi connectivity index (χ4n) is 1.54.